The predicted molar refractivity (Wildman–Crippen MR) is 162 cm³/mol. The molecular weight excluding hydrogens is 526 g/mol. The number of anilines is 4. The average Bonchev–Trinajstić information content (AvgIpc) is 3.42. The van der Waals surface area contributed by atoms with Gasteiger partial charge in [0.15, 0.2) is 0 Å². The van der Waals surface area contributed by atoms with Crippen LogP contribution in [-0.2, 0) is 0 Å². The quantitative estimate of drug-likeness (QED) is 0.364. The Morgan fingerprint density at radius 1 is 1.17 bits per heavy atom. The van der Waals surface area contributed by atoms with Gasteiger partial charge in [-0.05, 0) is 49.7 Å². The van der Waals surface area contributed by atoms with E-state index in [1.54, 1.807) is 6.08 Å². The van der Waals surface area contributed by atoms with Crippen molar-refractivity contribution in [1.82, 2.24) is 20.2 Å². The van der Waals surface area contributed by atoms with Gasteiger partial charge in [-0.1, -0.05) is 26.0 Å². The number of alkyl halides is 2. The van der Waals surface area contributed by atoms with Crippen LogP contribution in [0.4, 0.5) is 31.9 Å². The van der Waals surface area contributed by atoms with Gasteiger partial charge in [0.1, 0.15) is 17.5 Å². The van der Waals surface area contributed by atoms with E-state index in [9.17, 15) is 13.6 Å². The van der Waals surface area contributed by atoms with Crippen LogP contribution >= 0.6 is 0 Å². The van der Waals surface area contributed by atoms with Gasteiger partial charge in [0, 0.05) is 62.4 Å². The van der Waals surface area contributed by atoms with Gasteiger partial charge in [0.25, 0.3) is 5.91 Å². The van der Waals surface area contributed by atoms with Gasteiger partial charge in [0.2, 0.25) is 12.4 Å². The Kier molecular flexibility index (Phi) is 10.4. The Hall–Kier alpha value is -3.86. The summed E-state index contributed by atoms with van der Waals surface area (Å²) in [4.78, 5) is 31.0. The van der Waals surface area contributed by atoms with Crippen LogP contribution in [0.25, 0.3) is 0 Å². The molecule has 2 fully saturated rings. The van der Waals surface area contributed by atoms with E-state index in [-0.39, 0.29) is 23.8 Å². The molecule has 2 unspecified atom stereocenters. The van der Waals surface area contributed by atoms with Gasteiger partial charge >= 0.3 is 0 Å². The summed E-state index contributed by atoms with van der Waals surface area (Å²) in [6, 6.07) is 8.07. The van der Waals surface area contributed by atoms with Gasteiger partial charge in [-0.3, -0.25) is 9.79 Å². The lowest BCUT2D eigenvalue weighted by atomic mass is 10.0. The standard InChI is InChI=1S/C28H34F2N8O.C2H6/c1-3-12-31-27(39)22-17-32-28(33-19-6-8-20(9-7-19)38-15-13-37(2)14-16-38)36-26(22)35-23-11-5-18-4-10-21(25(29)30)24(18)34-23;1-2/h3,5-9,17,21,23,25H,1,4,10-16H2,2H3,(H,31,39)(H2,32,33,35,36);1-2H3. The molecule has 41 heavy (non-hydrogen) atoms. The zero-order valence-corrected chi connectivity index (χ0v) is 24.0. The second-order valence-corrected chi connectivity index (χ2v) is 10.0. The average molecular weight is 567 g/mol. The first kappa shape index (κ1) is 30.1. The van der Waals surface area contributed by atoms with Crippen LogP contribution < -0.4 is 20.9 Å². The Morgan fingerprint density at radius 3 is 2.59 bits per heavy atom. The highest BCUT2D eigenvalue weighted by Gasteiger charge is 2.36. The van der Waals surface area contributed by atoms with E-state index in [1.807, 2.05) is 32.1 Å². The summed E-state index contributed by atoms with van der Waals surface area (Å²) in [7, 11) is 2.13. The molecular formula is C30H40F2N8O. The van der Waals surface area contributed by atoms with Crippen LogP contribution in [0, 0.1) is 5.92 Å². The zero-order valence-electron chi connectivity index (χ0n) is 24.0. The van der Waals surface area contributed by atoms with E-state index in [0.29, 0.717) is 30.9 Å². The number of benzene rings is 1. The Labute approximate surface area is 240 Å². The third-order valence-electron chi connectivity index (χ3n) is 7.33. The number of likely N-dealkylation sites (N-methyl/N-ethyl adjacent to an activating group) is 1. The van der Waals surface area contributed by atoms with E-state index in [4.69, 9.17) is 0 Å². The van der Waals surface area contributed by atoms with Gasteiger partial charge in [-0.15, -0.1) is 6.58 Å². The van der Waals surface area contributed by atoms with E-state index in [2.05, 4.69) is 66.5 Å². The fourth-order valence-corrected chi connectivity index (χ4v) is 5.10. The minimum atomic E-state index is -2.45. The molecule has 1 aliphatic carbocycles. The number of carbonyl (C=O) groups is 1. The number of aliphatic imine (C=N–C) groups is 1. The molecule has 1 aromatic heterocycles. The number of hydrogen-bond donors (Lipinski definition) is 3. The molecule has 2 aliphatic heterocycles. The molecule has 5 rings (SSSR count). The normalized spacial score (nSPS) is 20.3. The van der Waals surface area contributed by atoms with Crippen LogP contribution in [0.3, 0.4) is 0 Å². The van der Waals surface area contributed by atoms with Crippen molar-refractivity contribution in [3.63, 3.8) is 0 Å². The van der Waals surface area contributed by atoms with Crippen LogP contribution in [0.2, 0.25) is 0 Å². The van der Waals surface area contributed by atoms with Crippen molar-refractivity contribution in [2.45, 2.75) is 45.7 Å². The van der Waals surface area contributed by atoms with E-state index >= 15 is 0 Å². The molecule has 0 bridgehead atoms. The van der Waals surface area contributed by atoms with Gasteiger partial charge in [0.05, 0.1) is 5.92 Å². The molecule has 11 heteroatoms. The second-order valence-electron chi connectivity index (χ2n) is 10.0. The van der Waals surface area contributed by atoms with Crippen molar-refractivity contribution in [2.24, 2.45) is 10.9 Å². The zero-order chi connectivity index (χ0) is 29.4. The lowest BCUT2D eigenvalue weighted by molar-refractivity contribution is 0.0958. The number of amides is 1. The predicted octanol–water partition coefficient (Wildman–Crippen LogP) is 5.10. The molecule has 0 spiro atoms. The van der Waals surface area contributed by atoms with Gasteiger partial charge in [-0.25, -0.2) is 13.8 Å². The van der Waals surface area contributed by atoms with E-state index in [0.717, 1.165) is 43.1 Å². The molecule has 3 N–H and O–H groups in total. The fourth-order valence-electron chi connectivity index (χ4n) is 5.10. The Bertz CT molecular complexity index is 1260. The molecule has 2 atom stereocenters. The van der Waals surface area contributed by atoms with E-state index < -0.39 is 18.5 Å². The molecule has 220 valence electrons. The first-order valence-electron chi connectivity index (χ1n) is 14.3. The van der Waals surface area contributed by atoms with Crippen LogP contribution in [0.15, 0.2) is 59.8 Å². The first-order valence-corrected chi connectivity index (χ1v) is 14.3. The van der Waals surface area contributed by atoms with Crippen LogP contribution in [0.1, 0.15) is 43.5 Å². The maximum atomic E-state index is 13.5. The molecule has 1 saturated heterocycles. The van der Waals surface area contributed by atoms with Gasteiger partial charge < -0.3 is 25.8 Å². The van der Waals surface area contributed by atoms with Crippen molar-refractivity contribution in [2.75, 3.05) is 55.3 Å². The summed E-state index contributed by atoms with van der Waals surface area (Å²) in [5.41, 5.74) is 3.55. The number of hydrogen-bond acceptors (Lipinski definition) is 8. The van der Waals surface area contributed by atoms with Gasteiger partial charge in [-0.2, -0.15) is 4.98 Å². The number of nitrogens with one attached hydrogen (secondary N) is 3. The molecule has 9 nitrogen and oxygen atoms in total. The number of halogens is 2. The highest BCUT2D eigenvalue weighted by Crippen LogP contribution is 2.35. The number of rotatable bonds is 9. The van der Waals surface area contributed by atoms with Crippen molar-refractivity contribution in [1.29, 1.82) is 0 Å². The molecule has 1 amide bonds. The summed E-state index contributed by atoms with van der Waals surface area (Å²) in [5, 5.41) is 9.14. The van der Waals surface area contributed by atoms with Crippen LogP contribution in [0.5, 0.6) is 0 Å². The van der Waals surface area contributed by atoms with Crippen LogP contribution in [-0.4, -0.2) is 78.8 Å². The summed E-state index contributed by atoms with van der Waals surface area (Å²) in [6.45, 7) is 11.9. The van der Waals surface area contributed by atoms with Crippen molar-refractivity contribution >= 4 is 34.8 Å². The monoisotopic (exact) mass is 566 g/mol. The highest BCUT2D eigenvalue weighted by atomic mass is 19.3. The summed E-state index contributed by atoms with van der Waals surface area (Å²) < 4.78 is 27.1. The lowest BCUT2D eigenvalue weighted by Crippen LogP contribution is -2.44. The lowest BCUT2D eigenvalue weighted by Gasteiger charge is -2.34. The third kappa shape index (κ3) is 7.46. The first-order chi connectivity index (χ1) is 19.9. The minimum Gasteiger partial charge on any atom is -0.369 e. The number of fused-ring (bicyclic) bond motifs is 1. The molecule has 2 aromatic rings. The summed E-state index contributed by atoms with van der Waals surface area (Å²) in [6.07, 6.45) is 3.56. The summed E-state index contributed by atoms with van der Waals surface area (Å²) in [5.74, 6) is -0.642. The molecule has 1 saturated carbocycles. The molecule has 1 aromatic carbocycles. The third-order valence-corrected chi connectivity index (χ3v) is 7.33. The number of dihydropyridines is 1. The number of aromatic nitrogens is 2. The SMILES string of the molecule is C=CCNC(=O)c1cnc(Nc2ccc(N3CCN(C)CC3)cc2)nc1NC1CC=C2CCC(C(F)F)C2=N1.CC. The van der Waals surface area contributed by atoms with E-state index in [1.165, 1.54) is 6.20 Å². The molecule has 3 aliphatic rings. The fraction of sp³-hybridized carbons (Fsp3) is 0.467. The van der Waals surface area contributed by atoms with Crippen molar-refractivity contribution < 1.29 is 13.6 Å². The smallest absolute Gasteiger partial charge is 0.256 e. The number of nitrogens with zero attached hydrogens (tertiary/aromatic N) is 5. The topological polar surface area (TPSA) is 97.8 Å². The van der Waals surface area contributed by atoms with Crippen molar-refractivity contribution in [3.05, 3.63) is 60.3 Å². The minimum absolute atomic E-state index is 0.236. The largest absolute Gasteiger partial charge is 0.369 e. The molecule has 3 heterocycles. The Morgan fingerprint density at radius 2 is 1.90 bits per heavy atom. The highest BCUT2D eigenvalue weighted by molar-refractivity contribution is 6.05. The number of allylic oxidation sites excluding steroid dienone is 1. The maximum Gasteiger partial charge on any atom is 0.256 e. The summed E-state index contributed by atoms with van der Waals surface area (Å²) >= 11 is 0. The number of piperazine rings is 1. The number of carbonyl (C=O) groups excluding carboxylic acids is 1. The maximum absolute atomic E-state index is 13.5. The Balaban J connectivity index is 0.00000189. The van der Waals surface area contributed by atoms with Crippen molar-refractivity contribution in [3.8, 4) is 0 Å². The molecule has 0 radical (unpaired) electrons. The second kappa shape index (κ2) is 14.2.